The third kappa shape index (κ3) is 2.27. The lowest BCUT2D eigenvalue weighted by Gasteiger charge is -2.00. The second-order valence-corrected chi connectivity index (χ2v) is 4.96. The molecule has 7 heteroatoms. The van der Waals surface area contributed by atoms with E-state index in [4.69, 9.17) is 10.8 Å². The van der Waals surface area contributed by atoms with E-state index in [0.29, 0.717) is 16.0 Å². The maximum Gasteiger partial charge on any atom is 0.338 e. The molecule has 6 nitrogen and oxygen atoms in total. The first-order valence-corrected chi connectivity index (χ1v) is 6.10. The molecule has 0 atom stereocenters. The van der Waals surface area contributed by atoms with Crippen molar-refractivity contribution >= 4 is 28.0 Å². The van der Waals surface area contributed by atoms with Gasteiger partial charge >= 0.3 is 5.97 Å². The third-order valence-electron chi connectivity index (χ3n) is 2.73. The average Bonchev–Trinajstić information content (AvgIpc) is 2.65. The summed E-state index contributed by atoms with van der Waals surface area (Å²) in [6.07, 6.45) is 0. The molecular formula is C12H10N2O4S. The maximum atomic E-state index is 11.1. The molecular weight excluding hydrogens is 268 g/mol. The van der Waals surface area contributed by atoms with Gasteiger partial charge in [-0.15, -0.1) is 11.3 Å². The standard InChI is InChI=1S/C12H10N2O4S/c1-6-9(12(15)16)11(13)19-10(6)7-2-4-8(5-3-7)14(17)18/h2-5H,13H2,1H3,(H,15,16). The van der Waals surface area contributed by atoms with Gasteiger partial charge in [0, 0.05) is 17.0 Å². The molecule has 0 bridgehead atoms. The quantitative estimate of drug-likeness (QED) is 0.663. The number of benzene rings is 1. The van der Waals surface area contributed by atoms with Crippen molar-refractivity contribution in [1.29, 1.82) is 0 Å². The van der Waals surface area contributed by atoms with Gasteiger partial charge in [0.05, 0.1) is 10.5 Å². The molecule has 0 aliphatic heterocycles. The van der Waals surface area contributed by atoms with Crippen LogP contribution in [0.25, 0.3) is 10.4 Å². The van der Waals surface area contributed by atoms with Gasteiger partial charge in [0.25, 0.3) is 5.69 Å². The van der Waals surface area contributed by atoms with E-state index in [1.54, 1.807) is 19.1 Å². The van der Waals surface area contributed by atoms with E-state index in [-0.39, 0.29) is 16.3 Å². The van der Waals surface area contributed by atoms with Crippen molar-refractivity contribution in [2.24, 2.45) is 0 Å². The van der Waals surface area contributed by atoms with E-state index in [1.165, 1.54) is 12.1 Å². The highest BCUT2D eigenvalue weighted by Crippen LogP contribution is 2.38. The minimum absolute atomic E-state index is 0.00982. The molecule has 0 saturated heterocycles. The maximum absolute atomic E-state index is 11.1. The summed E-state index contributed by atoms with van der Waals surface area (Å²) in [5, 5.41) is 19.9. The molecule has 0 aliphatic rings. The summed E-state index contributed by atoms with van der Waals surface area (Å²) in [7, 11) is 0. The van der Waals surface area contributed by atoms with Gasteiger partial charge in [-0.3, -0.25) is 10.1 Å². The lowest BCUT2D eigenvalue weighted by Crippen LogP contribution is -2.00. The number of hydrogen-bond donors (Lipinski definition) is 2. The van der Waals surface area contributed by atoms with Crippen LogP contribution in [-0.4, -0.2) is 16.0 Å². The van der Waals surface area contributed by atoms with Gasteiger partial charge in [0.15, 0.2) is 0 Å². The predicted octanol–water partition coefficient (Wildman–Crippen LogP) is 2.91. The molecule has 0 fully saturated rings. The van der Waals surface area contributed by atoms with Crippen LogP contribution in [0.1, 0.15) is 15.9 Å². The minimum atomic E-state index is -1.07. The highest BCUT2D eigenvalue weighted by atomic mass is 32.1. The Morgan fingerprint density at radius 2 is 1.95 bits per heavy atom. The van der Waals surface area contributed by atoms with Crippen LogP contribution >= 0.6 is 11.3 Å². The second-order valence-electron chi connectivity index (χ2n) is 3.90. The number of nitrogens with two attached hydrogens (primary N) is 1. The van der Waals surface area contributed by atoms with Crippen LogP contribution in [0.2, 0.25) is 0 Å². The van der Waals surface area contributed by atoms with Crippen LogP contribution in [0.5, 0.6) is 0 Å². The fourth-order valence-corrected chi connectivity index (χ4v) is 2.88. The SMILES string of the molecule is Cc1c(-c2ccc([N+](=O)[O-])cc2)sc(N)c1C(=O)O. The fourth-order valence-electron chi connectivity index (χ4n) is 1.81. The van der Waals surface area contributed by atoms with Gasteiger partial charge in [-0.25, -0.2) is 4.79 Å². The largest absolute Gasteiger partial charge is 0.478 e. The highest BCUT2D eigenvalue weighted by molar-refractivity contribution is 7.19. The lowest BCUT2D eigenvalue weighted by molar-refractivity contribution is -0.384. The number of aromatic carboxylic acids is 1. The Morgan fingerprint density at radius 3 is 2.37 bits per heavy atom. The van der Waals surface area contributed by atoms with E-state index >= 15 is 0 Å². The van der Waals surface area contributed by atoms with Crippen LogP contribution in [0.4, 0.5) is 10.7 Å². The molecule has 1 aromatic carbocycles. The highest BCUT2D eigenvalue weighted by Gasteiger charge is 2.19. The number of anilines is 1. The molecule has 0 radical (unpaired) electrons. The zero-order valence-electron chi connectivity index (χ0n) is 9.91. The molecule has 0 unspecified atom stereocenters. The number of hydrogen-bond acceptors (Lipinski definition) is 5. The molecule has 0 aliphatic carbocycles. The molecule has 2 aromatic rings. The molecule has 19 heavy (non-hydrogen) atoms. The molecule has 0 saturated carbocycles. The second kappa shape index (κ2) is 4.69. The topological polar surface area (TPSA) is 106 Å². The number of carboxylic acids is 1. The molecule has 1 aromatic heterocycles. The first-order valence-electron chi connectivity index (χ1n) is 5.28. The first-order chi connectivity index (χ1) is 8.91. The van der Waals surface area contributed by atoms with Gasteiger partial charge in [0.2, 0.25) is 0 Å². The Kier molecular flexibility index (Phi) is 3.22. The number of nitro groups is 1. The summed E-state index contributed by atoms with van der Waals surface area (Å²) in [5.41, 5.74) is 7.06. The number of thiophene rings is 1. The van der Waals surface area contributed by atoms with Crippen molar-refractivity contribution in [3.8, 4) is 10.4 Å². The van der Waals surface area contributed by atoms with Crippen molar-refractivity contribution in [2.75, 3.05) is 5.73 Å². The Balaban J connectivity index is 2.51. The van der Waals surface area contributed by atoms with Gasteiger partial charge in [-0.05, 0) is 30.2 Å². The molecule has 98 valence electrons. The Bertz CT molecular complexity index is 661. The smallest absolute Gasteiger partial charge is 0.338 e. The Morgan fingerprint density at radius 1 is 1.37 bits per heavy atom. The number of non-ortho nitro benzene ring substituents is 1. The average molecular weight is 278 g/mol. The van der Waals surface area contributed by atoms with Gasteiger partial charge in [-0.2, -0.15) is 0 Å². The lowest BCUT2D eigenvalue weighted by atomic mass is 10.1. The first kappa shape index (κ1) is 13.0. The van der Waals surface area contributed by atoms with E-state index in [1.807, 2.05) is 0 Å². The van der Waals surface area contributed by atoms with Crippen LogP contribution < -0.4 is 5.73 Å². The fraction of sp³-hybridized carbons (Fsp3) is 0.0833. The molecule has 3 N–H and O–H groups in total. The van der Waals surface area contributed by atoms with Crippen molar-refractivity contribution in [3.63, 3.8) is 0 Å². The third-order valence-corrected chi connectivity index (χ3v) is 3.90. The van der Waals surface area contributed by atoms with Crippen molar-refractivity contribution in [3.05, 3.63) is 45.5 Å². The zero-order chi connectivity index (χ0) is 14.2. The van der Waals surface area contributed by atoms with Crippen molar-refractivity contribution in [1.82, 2.24) is 0 Å². The molecule has 0 amide bonds. The monoisotopic (exact) mass is 278 g/mol. The van der Waals surface area contributed by atoms with E-state index in [0.717, 1.165) is 11.3 Å². The summed E-state index contributed by atoms with van der Waals surface area (Å²) in [6.45, 7) is 1.67. The van der Waals surface area contributed by atoms with Gasteiger partial charge < -0.3 is 10.8 Å². The van der Waals surface area contributed by atoms with Crippen LogP contribution in [0, 0.1) is 17.0 Å². The summed E-state index contributed by atoms with van der Waals surface area (Å²) < 4.78 is 0. The van der Waals surface area contributed by atoms with Gasteiger partial charge in [0.1, 0.15) is 5.00 Å². The van der Waals surface area contributed by atoms with Crippen LogP contribution in [-0.2, 0) is 0 Å². The van der Waals surface area contributed by atoms with Crippen LogP contribution in [0.15, 0.2) is 24.3 Å². The van der Waals surface area contributed by atoms with E-state index < -0.39 is 10.9 Å². The number of nitro benzene ring substituents is 1. The molecule has 0 spiro atoms. The predicted molar refractivity (Wildman–Crippen MR) is 72.5 cm³/mol. The minimum Gasteiger partial charge on any atom is -0.478 e. The normalized spacial score (nSPS) is 10.4. The molecule has 1 heterocycles. The number of rotatable bonds is 3. The van der Waals surface area contributed by atoms with Crippen molar-refractivity contribution in [2.45, 2.75) is 6.92 Å². The number of carboxylic acid groups (broad SMARTS) is 1. The Hall–Kier alpha value is -2.41. The van der Waals surface area contributed by atoms with E-state index in [2.05, 4.69) is 0 Å². The van der Waals surface area contributed by atoms with E-state index in [9.17, 15) is 14.9 Å². The van der Waals surface area contributed by atoms with Crippen molar-refractivity contribution < 1.29 is 14.8 Å². The summed E-state index contributed by atoms with van der Waals surface area (Å²) >= 11 is 1.16. The zero-order valence-corrected chi connectivity index (χ0v) is 10.7. The number of nitrogen functional groups attached to an aromatic ring is 1. The number of carbonyl (C=O) groups is 1. The number of nitrogens with zero attached hydrogens (tertiary/aromatic N) is 1. The van der Waals surface area contributed by atoms with Gasteiger partial charge in [-0.1, -0.05) is 0 Å². The van der Waals surface area contributed by atoms with Crippen LogP contribution in [0.3, 0.4) is 0 Å². The summed E-state index contributed by atoms with van der Waals surface area (Å²) in [5.74, 6) is -1.07. The molecule has 2 rings (SSSR count). The summed E-state index contributed by atoms with van der Waals surface area (Å²) in [4.78, 5) is 21.9. The summed E-state index contributed by atoms with van der Waals surface area (Å²) in [6, 6.07) is 5.93. The Labute approximate surface area is 112 Å².